The number of rotatable bonds is 4. The first kappa shape index (κ1) is 16.8. The van der Waals surface area contributed by atoms with Crippen molar-refractivity contribution >= 4 is 47.3 Å². The highest BCUT2D eigenvalue weighted by Crippen LogP contribution is 2.32. The smallest absolute Gasteiger partial charge is 0.220 e. The standard InChI is InChI=1S/C13H13BrCl2N2O2S/c1-3-4-10-12(21(16,19)20)13(15)18(17-10)11-6-5-9(14)7-8(11)2/h5-7H,3-4H2,1-2H3. The number of aryl methyl sites for hydroxylation is 2. The zero-order valence-electron chi connectivity index (χ0n) is 11.4. The van der Waals surface area contributed by atoms with Crippen molar-refractivity contribution in [2.75, 3.05) is 0 Å². The van der Waals surface area contributed by atoms with Gasteiger partial charge in [0.1, 0.15) is 4.90 Å². The summed E-state index contributed by atoms with van der Waals surface area (Å²) < 4.78 is 25.8. The molecule has 0 aliphatic carbocycles. The summed E-state index contributed by atoms with van der Waals surface area (Å²) >= 11 is 9.61. The minimum absolute atomic E-state index is 0.0128. The summed E-state index contributed by atoms with van der Waals surface area (Å²) in [5.41, 5.74) is 2.02. The third-order valence-corrected chi connectivity index (χ3v) is 5.31. The fraction of sp³-hybridized carbons (Fsp3) is 0.308. The zero-order chi connectivity index (χ0) is 15.8. The third-order valence-electron chi connectivity index (χ3n) is 2.97. The van der Waals surface area contributed by atoms with Crippen LogP contribution in [0.3, 0.4) is 0 Å². The molecular weight excluding hydrogens is 399 g/mol. The van der Waals surface area contributed by atoms with Gasteiger partial charge in [0.2, 0.25) is 0 Å². The lowest BCUT2D eigenvalue weighted by Gasteiger charge is -2.07. The van der Waals surface area contributed by atoms with Gasteiger partial charge in [-0.25, -0.2) is 13.1 Å². The van der Waals surface area contributed by atoms with Crippen molar-refractivity contribution in [1.82, 2.24) is 9.78 Å². The fourth-order valence-corrected chi connectivity index (χ4v) is 4.42. The Morgan fingerprint density at radius 3 is 2.57 bits per heavy atom. The van der Waals surface area contributed by atoms with Crippen LogP contribution in [0.2, 0.25) is 5.15 Å². The molecule has 0 saturated carbocycles. The largest absolute Gasteiger partial charge is 0.266 e. The molecule has 0 fully saturated rings. The first-order valence-electron chi connectivity index (χ1n) is 6.24. The van der Waals surface area contributed by atoms with E-state index in [9.17, 15) is 8.42 Å². The lowest BCUT2D eigenvalue weighted by atomic mass is 10.2. The van der Waals surface area contributed by atoms with Gasteiger partial charge in [-0.1, -0.05) is 40.9 Å². The van der Waals surface area contributed by atoms with Gasteiger partial charge in [0, 0.05) is 15.2 Å². The van der Waals surface area contributed by atoms with E-state index in [0.29, 0.717) is 17.8 Å². The van der Waals surface area contributed by atoms with Crippen LogP contribution in [0.1, 0.15) is 24.6 Å². The van der Waals surface area contributed by atoms with Crippen molar-refractivity contribution < 1.29 is 8.42 Å². The number of hydrogen-bond donors (Lipinski definition) is 0. The Morgan fingerprint density at radius 1 is 1.38 bits per heavy atom. The lowest BCUT2D eigenvalue weighted by Crippen LogP contribution is -2.00. The quantitative estimate of drug-likeness (QED) is 0.697. The van der Waals surface area contributed by atoms with E-state index in [4.69, 9.17) is 22.3 Å². The van der Waals surface area contributed by atoms with Crippen LogP contribution in [0.15, 0.2) is 27.6 Å². The molecule has 8 heteroatoms. The van der Waals surface area contributed by atoms with Crippen LogP contribution in [-0.4, -0.2) is 18.2 Å². The minimum Gasteiger partial charge on any atom is -0.220 e. The molecule has 4 nitrogen and oxygen atoms in total. The van der Waals surface area contributed by atoms with Crippen molar-refractivity contribution in [3.8, 4) is 5.69 Å². The van der Waals surface area contributed by atoms with Gasteiger partial charge < -0.3 is 0 Å². The molecule has 0 radical (unpaired) electrons. The maximum atomic E-state index is 11.8. The van der Waals surface area contributed by atoms with E-state index < -0.39 is 9.05 Å². The summed E-state index contributed by atoms with van der Waals surface area (Å²) in [6, 6.07) is 5.56. The SMILES string of the molecule is CCCc1nn(-c2ccc(Br)cc2C)c(Cl)c1S(=O)(=O)Cl. The van der Waals surface area contributed by atoms with E-state index in [1.54, 1.807) is 0 Å². The van der Waals surface area contributed by atoms with E-state index in [1.807, 2.05) is 32.0 Å². The Hall–Kier alpha value is -0.560. The van der Waals surface area contributed by atoms with Gasteiger partial charge >= 0.3 is 0 Å². The first-order valence-corrected chi connectivity index (χ1v) is 9.72. The Labute approximate surface area is 141 Å². The third kappa shape index (κ3) is 3.44. The van der Waals surface area contributed by atoms with E-state index in [2.05, 4.69) is 21.0 Å². The van der Waals surface area contributed by atoms with Crippen molar-refractivity contribution in [1.29, 1.82) is 0 Å². The van der Waals surface area contributed by atoms with E-state index >= 15 is 0 Å². The van der Waals surface area contributed by atoms with Gasteiger partial charge in [-0.3, -0.25) is 0 Å². The highest BCUT2D eigenvalue weighted by atomic mass is 79.9. The van der Waals surface area contributed by atoms with Gasteiger partial charge in [-0.15, -0.1) is 0 Å². The van der Waals surface area contributed by atoms with Gasteiger partial charge in [0.15, 0.2) is 5.15 Å². The van der Waals surface area contributed by atoms with Gasteiger partial charge in [0.05, 0.1) is 11.4 Å². The molecule has 0 spiro atoms. The first-order chi connectivity index (χ1) is 9.75. The number of hydrogen-bond acceptors (Lipinski definition) is 3. The number of aromatic nitrogens is 2. The second-order valence-corrected chi connectivity index (χ2v) is 8.37. The Kier molecular flexibility index (Phi) is 5.03. The van der Waals surface area contributed by atoms with Crippen LogP contribution < -0.4 is 0 Å². The summed E-state index contributed by atoms with van der Waals surface area (Å²) in [5.74, 6) is 0. The molecule has 0 amide bonds. The van der Waals surface area contributed by atoms with E-state index in [0.717, 1.165) is 16.5 Å². The molecule has 0 aliphatic rings. The van der Waals surface area contributed by atoms with Crippen molar-refractivity contribution in [2.24, 2.45) is 0 Å². The average molecular weight is 412 g/mol. The van der Waals surface area contributed by atoms with E-state index in [1.165, 1.54) is 4.68 Å². The Balaban J connectivity index is 2.71. The molecule has 0 aliphatic heterocycles. The minimum atomic E-state index is -3.95. The molecule has 21 heavy (non-hydrogen) atoms. The molecular formula is C13H13BrCl2N2O2S. The molecule has 1 aromatic carbocycles. The molecule has 0 atom stereocenters. The molecule has 2 rings (SSSR count). The maximum absolute atomic E-state index is 11.8. The van der Waals surface area contributed by atoms with Crippen LogP contribution in [0.4, 0.5) is 0 Å². The highest BCUT2D eigenvalue weighted by Gasteiger charge is 2.26. The molecule has 0 unspecified atom stereocenters. The summed E-state index contributed by atoms with van der Waals surface area (Å²) in [4.78, 5) is -0.102. The van der Waals surface area contributed by atoms with Crippen LogP contribution in [0, 0.1) is 6.92 Å². The number of halogens is 3. The molecule has 0 N–H and O–H groups in total. The average Bonchev–Trinajstić information content (AvgIpc) is 2.66. The molecule has 1 heterocycles. The summed E-state index contributed by atoms with van der Waals surface area (Å²) in [5, 5.41) is 4.35. The lowest BCUT2D eigenvalue weighted by molar-refractivity contribution is 0.608. The summed E-state index contributed by atoms with van der Waals surface area (Å²) in [7, 11) is 1.55. The van der Waals surface area contributed by atoms with Crippen molar-refractivity contribution in [2.45, 2.75) is 31.6 Å². The second kappa shape index (κ2) is 6.28. The molecule has 1 aromatic heterocycles. The van der Waals surface area contributed by atoms with Crippen molar-refractivity contribution in [3.63, 3.8) is 0 Å². The number of nitrogens with zero attached hydrogens (tertiary/aromatic N) is 2. The topological polar surface area (TPSA) is 52.0 Å². The monoisotopic (exact) mass is 410 g/mol. The van der Waals surface area contributed by atoms with Crippen LogP contribution in [-0.2, 0) is 15.5 Å². The number of benzene rings is 1. The van der Waals surface area contributed by atoms with Gasteiger partial charge in [0.25, 0.3) is 9.05 Å². The zero-order valence-corrected chi connectivity index (χ0v) is 15.3. The van der Waals surface area contributed by atoms with Gasteiger partial charge in [-0.05, 0) is 37.1 Å². The van der Waals surface area contributed by atoms with Crippen LogP contribution in [0.5, 0.6) is 0 Å². The maximum Gasteiger partial charge on any atom is 0.266 e. The Bertz CT molecular complexity index is 788. The fourth-order valence-electron chi connectivity index (χ4n) is 2.08. The molecule has 114 valence electrons. The second-order valence-electron chi connectivity index (χ2n) is 4.60. The summed E-state index contributed by atoms with van der Waals surface area (Å²) in [6.07, 6.45) is 1.23. The Morgan fingerprint density at radius 2 is 2.05 bits per heavy atom. The molecule has 0 bridgehead atoms. The predicted octanol–water partition coefficient (Wildman–Crippen LogP) is 4.48. The summed E-state index contributed by atoms with van der Waals surface area (Å²) in [6.45, 7) is 3.83. The normalized spacial score (nSPS) is 11.9. The van der Waals surface area contributed by atoms with Crippen molar-refractivity contribution in [3.05, 3.63) is 39.1 Å². The highest BCUT2D eigenvalue weighted by molar-refractivity contribution is 9.10. The van der Waals surface area contributed by atoms with Crippen LogP contribution >= 0.6 is 38.2 Å². The molecule has 0 saturated heterocycles. The predicted molar refractivity (Wildman–Crippen MR) is 88.0 cm³/mol. The van der Waals surface area contributed by atoms with Gasteiger partial charge in [-0.2, -0.15) is 5.10 Å². The van der Waals surface area contributed by atoms with Crippen LogP contribution in [0.25, 0.3) is 5.69 Å². The molecule has 2 aromatic rings. The van der Waals surface area contributed by atoms with E-state index in [-0.39, 0.29) is 10.0 Å².